The van der Waals surface area contributed by atoms with Crippen LogP contribution in [0.2, 0.25) is 0 Å². The van der Waals surface area contributed by atoms with Gasteiger partial charge in [0.2, 0.25) is 0 Å². The summed E-state index contributed by atoms with van der Waals surface area (Å²) in [5.74, 6) is 0. The summed E-state index contributed by atoms with van der Waals surface area (Å²) in [5, 5.41) is 0.942. The van der Waals surface area contributed by atoms with Crippen LogP contribution < -0.4 is 5.69 Å². The zero-order valence-corrected chi connectivity index (χ0v) is 11.4. The molecule has 0 saturated heterocycles. The second-order valence-corrected chi connectivity index (χ2v) is 5.99. The summed E-state index contributed by atoms with van der Waals surface area (Å²) in [5.41, 5.74) is 1.65. The number of imidazole rings is 1. The van der Waals surface area contributed by atoms with Crippen molar-refractivity contribution < 1.29 is 0 Å². The van der Waals surface area contributed by atoms with Crippen molar-refractivity contribution in [2.45, 2.75) is 6.92 Å². The molecule has 1 aromatic carbocycles. The average molecular weight is 309 g/mol. The maximum Gasteiger partial charge on any atom is 0.331 e. The van der Waals surface area contributed by atoms with Gasteiger partial charge in [0, 0.05) is 9.35 Å². The Labute approximate surface area is 110 Å². The van der Waals surface area contributed by atoms with Gasteiger partial charge in [-0.05, 0) is 37.3 Å². The number of aromatic amines is 1. The van der Waals surface area contributed by atoms with E-state index in [1.54, 1.807) is 15.9 Å². The number of H-pyrrole nitrogens is 1. The Kier molecular flexibility index (Phi) is 2.45. The van der Waals surface area contributed by atoms with Gasteiger partial charge in [-0.3, -0.25) is 4.57 Å². The molecule has 0 fully saturated rings. The lowest BCUT2D eigenvalue weighted by molar-refractivity contribution is 1.04. The number of halogens is 1. The third kappa shape index (κ3) is 1.75. The molecule has 1 N–H and O–H groups in total. The topological polar surface area (TPSA) is 37.8 Å². The van der Waals surface area contributed by atoms with Gasteiger partial charge in [-0.15, -0.1) is 11.3 Å². The van der Waals surface area contributed by atoms with E-state index in [2.05, 4.69) is 20.9 Å². The molecule has 0 aliphatic heterocycles. The Hall–Kier alpha value is -1.33. The van der Waals surface area contributed by atoms with Crippen LogP contribution in [0.3, 0.4) is 0 Å². The summed E-state index contributed by atoms with van der Waals surface area (Å²) < 4.78 is 2.67. The number of fused-ring (bicyclic) bond motifs is 1. The van der Waals surface area contributed by atoms with Gasteiger partial charge in [0.05, 0.1) is 11.0 Å². The predicted octanol–water partition coefficient (Wildman–Crippen LogP) is 3.45. The molecule has 5 heteroatoms. The van der Waals surface area contributed by atoms with E-state index < -0.39 is 0 Å². The summed E-state index contributed by atoms with van der Waals surface area (Å²) in [6, 6.07) is 9.75. The normalized spacial score (nSPS) is 11.2. The van der Waals surface area contributed by atoms with Crippen molar-refractivity contribution in [3.05, 3.63) is 50.2 Å². The second-order valence-electron chi connectivity index (χ2n) is 3.81. The molecule has 2 aromatic heterocycles. The molecule has 0 aliphatic rings. The highest BCUT2D eigenvalue weighted by Gasteiger charge is 2.10. The van der Waals surface area contributed by atoms with Gasteiger partial charge in [-0.1, -0.05) is 15.9 Å². The smallest absolute Gasteiger partial charge is 0.305 e. The maximum atomic E-state index is 12.0. The number of hydrogen-bond donors (Lipinski definition) is 1. The number of nitrogens with one attached hydrogen (secondary N) is 1. The lowest BCUT2D eigenvalue weighted by atomic mass is 10.3. The number of thiophene rings is 1. The van der Waals surface area contributed by atoms with E-state index in [9.17, 15) is 4.79 Å². The van der Waals surface area contributed by atoms with E-state index in [1.165, 1.54) is 4.88 Å². The third-order valence-corrected chi connectivity index (χ3v) is 4.07. The van der Waals surface area contributed by atoms with E-state index >= 15 is 0 Å². The Morgan fingerprint density at radius 2 is 2.12 bits per heavy atom. The Bertz CT molecular complexity index is 753. The number of aromatic nitrogens is 2. The fourth-order valence-corrected chi connectivity index (χ4v) is 3.06. The summed E-state index contributed by atoms with van der Waals surface area (Å²) >= 11 is 5.04. The molecule has 0 unspecified atom stereocenters. The summed E-state index contributed by atoms with van der Waals surface area (Å²) in [7, 11) is 0. The van der Waals surface area contributed by atoms with Gasteiger partial charge >= 0.3 is 5.69 Å². The van der Waals surface area contributed by atoms with Gasteiger partial charge in [0.25, 0.3) is 0 Å². The molecule has 3 nitrogen and oxygen atoms in total. The van der Waals surface area contributed by atoms with E-state index in [4.69, 9.17) is 0 Å². The average Bonchev–Trinajstić information content (AvgIpc) is 2.81. The van der Waals surface area contributed by atoms with Gasteiger partial charge in [0.15, 0.2) is 0 Å². The Morgan fingerprint density at radius 1 is 1.29 bits per heavy atom. The van der Waals surface area contributed by atoms with Crippen molar-refractivity contribution in [3.8, 4) is 5.00 Å². The van der Waals surface area contributed by atoms with E-state index in [-0.39, 0.29) is 5.69 Å². The number of benzene rings is 1. The second kappa shape index (κ2) is 3.85. The molecule has 17 heavy (non-hydrogen) atoms. The highest BCUT2D eigenvalue weighted by Crippen LogP contribution is 2.24. The molecule has 0 radical (unpaired) electrons. The van der Waals surface area contributed by atoms with Crippen molar-refractivity contribution >= 4 is 38.3 Å². The largest absolute Gasteiger partial charge is 0.331 e. The molecule has 2 heterocycles. The fraction of sp³-hybridized carbons (Fsp3) is 0.0833. The number of nitrogens with zero attached hydrogens (tertiary/aromatic N) is 1. The standard InChI is InChI=1S/C12H9BrN2OS/c1-7-2-5-11(17-7)15-10-6-8(13)3-4-9(10)14-12(15)16/h2-6H,1H3,(H,14,16). The van der Waals surface area contributed by atoms with E-state index in [0.717, 1.165) is 20.5 Å². The molecule has 0 aliphatic carbocycles. The monoisotopic (exact) mass is 308 g/mol. The van der Waals surface area contributed by atoms with Crippen molar-refractivity contribution in [1.29, 1.82) is 0 Å². The Morgan fingerprint density at radius 3 is 2.82 bits per heavy atom. The van der Waals surface area contributed by atoms with Crippen molar-refractivity contribution in [2.75, 3.05) is 0 Å². The molecule has 0 amide bonds. The predicted molar refractivity (Wildman–Crippen MR) is 74.2 cm³/mol. The lowest BCUT2D eigenvalue weighted by Gasteiger charge is -1.99. The quantitative estimate of drug-likeness (QED) is 0.734. The zero-order chi connectivity index (χ0) is 12.0. The molecule has 0 saturated carbocycles. The third-order valence-electron chi connectivity index (χ3n) is 2.59. The summed E-state index contributed by atoms with van der Waals surface area (Å²) in [6.07, 6.45) is 0. The summed E-state index contributed by atoms with van der Waals surface area (Å²) in [4.78, 5) is 16.0. The first-order chi connectivity index (χ1) is 8.15. The van der Waals surface area contributed by atoms with Crippen LogP contribution in [0.1, 0.15) is 4.88 Å². The van der Waals surface area contributed by atoms with Crippen LogP contribution in [-0.4, -0.2) is 9.55 Å². The summed E-state index contributed by atoms with van der Waals surface area (Å²) in [6.45, 7) is 2.03. The van der Waals surface area contributed by atoms with Gasteiger partial charge in [0.1, 0.15) is 5.00 Å². The molecular formula is C12H9BrN2OS. The van der Waals surface area contributed by atoms with Gasteiger partial charge < -0.3 is 4.98 Å². The first kappa shape index (κ1) is 10.8. The number of aryl methyl sites for hydroxylation is 1. The maximum absolute atomic E-state index is 12.0. The number of hydrogen-bond acceptors (Lipinski definition) is 2. The number of rotatable bonds is 1. The van der Waals surface area contributed by atoms with Gasteiger partial charge in [-0.2, -0.15) is 0 Å². The minimum absolute atomic E-state index is 0.0973. The van der Waals surface area contributed by atoms with Crippen molar-refractivity contribution in [1.82, 2.24) is 9.55 Å². The fourth-order valence-electron chi connectivity index (χ4n) is 1.84. The SMILES string of the molecule is Cc1ccc(-n2c(=O)[nH]c3ccc(Br)cc32)s1. The van der Waals surface area contributed by atoms with Crippen LogP contribution in [0.15, 0.2) is 39.6 Å². The highest BCUT2D eigenvalue weighted by molar-refractivity contribution is 9.10. The lowest BCUT2D eigenvalue weighted by Crippen LogP contribution is -2.13. The van der Waals surface area contributed by atoms with Crippen LogP contribution in [0.5, 0.6) is 0 Å². The highest BCUT2D eigenvalue weighted by atomic mass is 79.9. The minimum atomic E-state index is -0.0973. The molecular weight excluding hydrogens is 300 g/mol. The Balaban J connectivity index is 2.39. The molecule has 0 spiro atoms. The first-order valence-electron chi connectivity index (χ1n) is 5.12. The van der Waals surface area contributed by atoms with Crippen LogP contribution in [0.25, 0.3) is 16.0 Å². The van der Waals surface area contributed by atoms with Crippen molar-refractivity contribution in [3.63, 3.8) is 0 Å². The van der Waals surface area contributed by atoms with E-state index in [0.29, 0.717) is 0 Å². The van der Waals surface area contributed by atoms with Crippen LogP contribution in [0, 0.1) is 6.92 Å². The zero-order valence-electron chi connectivity index (χ0n) is 9.03. The molecule has 3 rings (SSSR count). The molecule has 86 valence electrons. The van der Waals surface area contributed by atoms with Gasteiger partial charge in [-0.25, -0.2) is 4.79 Å². The van der Waals surface area contributed by atoms with Crippen LogP contribution in [-0.2, 0) is 0 Å². The van der Waals surface area contributed by atoms with E-state index in [1.807, 2.05) is 37.3 Å². The molecule has 0 atom stereocenters. The van der Waals surface area contributed by atoms with Crippen molar-refractivity contribution in [2.24, 2.45) is 0 Å². The molecule has 3 aromatic rings. The van der Waals surface area contributed by atoms with Crippen LogP contribution >= 0.6 is 27.3 Å². The van der Waals surface area contributed by atoms with Crippen LogP contribution in [0.4, 0.5) is 0 Å². The molecule has 0 bridgehead atoms. The minimum Gasteiger partial charge on any atom is -0.305 e. The first-order valence-corrected chi connectivity index (χ1v) is 6.73.